The minimum atomic E-state index is 0.406. The summed E-state index contributed by atoms with van der Waals surface area (Å²) in [4.78, 5) is 5.03. The number of aromatic nitrogens is 1. The first-order valence-electron chi connectivity index (χ1n) is 6.92. The molecule has 106 valence electrons. The van der Waals surface area contributed by atoms with Gasteiger partial charge in [-0.25, -0.2) is 4.98 Å². The third-order valence-electron chi connectivity index (χ3n) is 3.72. The molecule has 2 rings (SSSR count). The molecule has 3 nitrogen and oxygen atoms in total. The van der Waals surface area contributed by atoms with Gasteiger partial charge in [-0.15, -0.1) is 0 Å². The zero-order valence-electron chi connectivity index (χ0n) is 12.2. The van der Waals surface area contributed by atoms with Crippen molar-refractivity contribution < 1.29 is 0 Å². The number of nitrogens with zero attached hydrogens (tertiary/aromatic N) is 1. The molecule has 0 bridgehead atoms. The largest absolute Gasteiger partial charge is 0.389 e. The highest BCUT2D eigenvalue weighted by Crippen LogP contribution is 2.21. The molecule has 0 saturated carbocycles. The van der Waals surface area contributed by atoms with Crippen molar-refractivity contribution in [3.8, 4) is 0 Å². The second-order valence-electron chi connectivity index (χ2n) is 5.54. The quantitative estimate of drug-likeness (QED) is 0.825. The minimum Gasteiger partial charge on any atom is -0.389 e. The maximum Gasteiger partial charge on any atom is 0.127 e. The van der Waals surface area contributed by atoms with Gasteiger partial charge < -0.3 is 11.1 Å². The molecular weight excluding hydrogens is 266 g/mol. The van der Waals surface area contributed by atoms with Gasteiger partial charge in [-0.05, 0) is 24.0 Å². The topological polar surface area (TPSA) is 50.9 Å². The standard InChI is InChI=1S/C16H21N3S/c1-10(2)11(3)9-18-15-8-13(16(17)20)12-6-4-5-7-14(12)19-15/h4-8,10-11H,9H2,1-3H3,(H2,17,20)(H,18,19). The maximum atomic E-state index is 5.83. The molecule has 4 heteroatoms. The van der Waals surface area contributed by atoms with Crippen molar-refractivity contribution in [1.29, 1.82) is 0 Å². The van der Waals surface area contributed by atoms with Gasteiger partial charge in [-0.2, -0.15) is 0 Å². The van der Waals surface area contributed by atoms with Crippen molar-refractivity contribution in [2.45, 2.75) is 20.8 Å². The summed E-state index contributed by atoms with van der Waals surface area (Å²) in [6.45, 7) is 7.56. The van der Waals surface area contributed by atoms with Gasteiger partial charge in [0, 0.05) is 17.5 Å². The highest BCUT2D eigenvalue weighted by Gasteiger charge is 2.10. The van der Waals surface area contributed by atoms with Crippen molar-refractivity contribution in [3.63, 3.8) is 0 Å². The zero-order valence-corrected chi connectivity index (χ0v) is 13.0. The summed E-state index contributed by atoms with van der Waals surface area (Å²) >= 11 is 5.15. The Hall–Kier alpha value is -1.68. The van der Waals surface area contributed by atoms with Crippen LogP contribution in [0.1, 0.15) is 26.3 Å². The number of fused-ring (bicyclic) bond motifs is 1. The summed E-state index contributed by atoms with van der Waals surface area (Å²) in [5.74, 6) is 2.05. The first kappa shape index (κ1) is 14.7. The highest BCUT2D eigenvalue weighted by molar-refractivity contribution is 7.80. The van der Waals surface area contributed by atoms with Crippen LogP contribution in [0.2, 0.25) is 0 Å². The molecule has 1 atom stereocenters. The third kappa shape index (κ3) is 3.25. The number of rotatable bonds is 5. The molecular formula is C16H21N3S. The predicted octanol–water partition coefficient (Wildman–Crippen LogP) is 3.57. The lowest BCUT2D eigenvalue weighted by Crippen LogP contribution is -2.18. The Morgan fingerprint density at radius 2 is 2.00 bits per heavy atom. The third-order valence-corrected chi connectivity index (χ3v) is 3.94. The van der Waals surface area contributed by atoms with Gasteiger partial charge in [-0.1, -0.05) is 51.2 Å². The van der Waals surface area contributed by atoms with E-state index in [0.29, 0.717) is 16.8 Å². The molecule has 0 saturated heterocycles. The number of para-hydroxylation sites is 1. The molecule has 3 N–H and O–H groups in total. The monoisotopic (exact) mass is 287 g/mol. The zero-order chi connectivity index (χ0) is 14.7. The van der Waals surface area contributed by atoms with Crippen molar-refractivity contribution >= 4 is 33.9 Å². The Morgan fingerprint density at radius 1 is 1.30 bits per heavy atom. The highest BCUT2D eigenvalue weighted by atomic mass is 32.1. The van der Waals surface area contributed by atoms with E-state index in [1.807, 2.05) is 30.3 Å². The van der Waals surface area contributed by atoms with E-state index in [0.717, 1.165) is 28.8 Å². The number of hydrogen-bond acceptors (Lipinski definition) is 3. The fourth-order valence-electron chi connectivity index (χ4n) is 1.97. The van der Waals surface area contributed by atoms with Crippen LogP contribution < -0.4 is 11.1 Å². The molecule has 1 heterocycles. The minimum absolute atomic E-state index is 0.406. The summed E-state index contributed by atoms with van der Waals surface area (Å²) in [6, 6.07) is 9.86. The SMILES string of the molecule is CC(C)C(C)CNc1cc(C(N)=S)c2ccccc2n1. The number of benzene rings is 1. The van der Waals surface area contributed by atoms with E-state index in [4.69, 9.17) is 18.0 Å². The molecule has 0 radical (unpaired) electrons. The van der Waals surface area contributed by atoms with Crippen molar-refractivity contribution in [2.75, 3.05) is 11.9 Å². The normalized spacial score (nSPS) is 12.6. The molecule has 1 aromatic heterocycles. The second kappa shape index (κ2) is 6.18. The van der Waals surface area contributed by atoms with Gasteiger partial charge in [0.2, 0.25) is 0 Å². The summed E-state index contributed by atoms with van der Waals surface area (Å²) in [6.07, 6.45) is 0. The fourth-order valence-corrected chi connectivity index (χ4v) is 2.14. The van der Waals surface area contributed by atoms with Gasteiger partial charge in [0.1, 0.15) is 10.8 Å². The molecule has 0 aliphatic carbocycles. The Labute approximate surface area is 125 Å². The number of pyridine rings is 1. The summed E-state index contributed by atoms with van der Waals surface area (Å²) in [5, 5.41) is 4.39. The molecule has 0 fully saturated rings. The maximum absolute atomic E-state index is 5.83. The van der Waals surface area contributed by atoms with Crippen LogP contribution in [0.4, 0.5) is 5.82 Å². The molecule has 0 spiro atoms. The molecule has 1 aromatic carbocycles. The van der Waals surface area contributed by atoms with E-state index in [2.05, 4.69) is 31.1 Å². The first-order valence-corrected chi connectivity index (χ1v) is 7.33. The number of nitrogens with two attached hydrogens (primary N) is 1. The van der Waals surface area contributed by atoms with Crippen LogP contribution in [0.3, 0.4) is 0 Å². The van der Waals surface area contributed by atoms with Gasteiger partial charge in [0.25, 0.3) is 0 Å². The van der Waals surface area contributed by atoms with E-state index in [1.54, 1.807) is 0 Å². The first-order chi connectivity index (χ1) is 9.49. The van der Waals surface area contributed by atoms with Crippen molar-refractivity contribution in [3.05, 3.63) is 35.9 Å². The van der Waals surface area contributed by atoms with Crippen LogP contribution in [0.25, 0.3) is 10.9 Å². The van der Waals surface area contributed by atoms with E-state index in [1.165, 1.54) is 0 Å². The Bertz CT molecular complexity index is 622. The van der Waals surface area contributed by atoms with E-state index < -0.39 is 0 Å². The molecule has 20 heavy (non-hydrogen) atoms. The molecule has 0 amide bonds. The van der Waals surface area contributed by atoms with Gasteiger partial charge >= 0.3 is 0 Å². The number of anilines is 1. The number of nitrogens with one attached hydrogen (secondary N) is 1. The van der Waals surface area contributed by atoms with Crippen LogP contribution in [-0.4, -0.2) is 16.5 Å². The van der Waals surface area contributed by atoms with Crippen LogP contribution in [0.15, 0.2) is 30.3 Å². The molecule has 1 unspecified atom stereocenters. The Kier molecular flexibility index (Phi) is 4.55. The summed E-state index contributed by atoms with van der Waals surface area (Å²) < 4.78 is 0. The van der Waals surface area contributed by atoms with Crippen molar-refractivity contribution in [2.24, 2.45) is 17.6 Å². The lowest BCUT2D eigenvalue weighted by molar-refractivity contribution is 0.439. The van der Waals surface area contributed by atoms with Crippen molar-refractivity contribution in [1.82, 2.24) is 4.98 Å². The smallest absolute Gasteiger partial charge is 0.127 e. The number of thiocarbonyl (C=S) groups is 1. The van der Waals surface area contributed by atoms with E-state index >= 15 is 0 Å². The predicted molar refractivity (Wildman–Crippen MR) is 90.1 cm³/mol. The Balaban J connectivity index is 2.33. The van der Waals surface area contributed by atoms with Gasteiger partial charge in [0.05, 0.1) is 5.52 Å². The van der Waals surface area contributed by atoms with Crippen LogP contribution >= 0.6 is 12.2 Å². The fraction of sp³-hybridized carbons (Fsp3) is 0.375. The van der Waals surface area contributed by atoms with Crippen LogP contribution in [0.5, 0.6) is 0 Å². The molecule has 0 aliphatic rings. The molecule has 0 aliphatic heterocycles. The lowest BCUT2D eigenvalue weighted by atomic mass is 9.98. The number of hydrogen-bond donors (Lipinski definition) is 2. The summed E-state index contributed by atoms with van der Waals surface area (Å²) in [7, 11) is 0. The van der Waals surface area contributed by atoms with Crippen LogP contribution in [0, 0.1) is 11.8 Å². The average molecular weight is 287 g/mol. The summed E-state index contributed by atoms with van der Waals surface area (Å²) in [5.41, 5.74) is 7.62. The van der Waals surface area contributed by atoms with Crippen LogP contribution in [-0.2, 0) is 0 Å². The second-order valence-corrected chi connectivity index (χ2v) is 5.98. The Morgan fingerprint density at radius 3 is 2.65 bits per heavy atom. The molecule has 2 aromatic rings. The lowest BCUT2D eigenvalue weighted by Gasteiger charge is -2.17. The van der Waals surface area contributed by atoms with Gasteiger partial charge in [0.15, 0.2) is 0 Å². The van der Waals surface area contributed by atoms with E-state index in [-0.39, 0.29) is 0 Å². The van der Waals surface area contributed by atoms with Gasteiger partial charge in [-0.3, -0.25) is 0 Å². The van der Waals surface area contributed by atoms with E-state index in [9.17, 15) is 0 Å². The average Bonchev–Trinajstić information content (AvgIpc) is 2.43.